The molecule has 0 aliphatic rings. The first-order chi connectivity index (χ1) is 6.56. The number of benzene rings is 1. The van der Waals surface area contributed by atoms with Crippen LogP contribution in [0.25, 0.3) is 0 Å². The van der Waals surface area contributed by atoms with Gasteiger partial charge in [-0.3, -0.25) is 0 Å². The fourth-order valence-corrected chi connectivity index (χ4v) is 1.39. The van der Waals surface area contributed by atoms with Crippen LogP contribution in [-0.4, -0.2) is 5.11 Å². The summed E-state index contributed by atoms with van der Waals surface area (Å²) in [5.41, 5.74) is 11.6. The highest BCUT2D eigenvalue weighted by atomic mass is 19.1. The maximum atomic E-state index is 13.0. The molecule has 4 heteroatoms. The normalized spacial score (nSPS) is 12.8. The third kappa shape index (κ3) is 2.14. The lowest BCUT2D eigenvalue weighted by molar-refractivity contribution is 0.457. The standard InChI is InChI=1S/C10H15FN2O/c1-2-3-8(12)7-4-6(11)5-9(13)10(7)14/h4-5,8,14H,2-3,12-13H2,1H3/t8-/m1/s1. The third-order valence-corrected chi connectivity index (χ3v) is 2.13. The van der Waals surface area contributed by atoms with E-state index < -0.39 is 5.82 Å². The van der Waals surface area contributed by atoms with Gasteiger partial charge in [0.25, 0.3) is 0 Å². The topological polar surface area (TPSA) is 72.3 Å². The molecular formula is C10H15FN2O. The Morgan fingerprint density at radius 2 is 2.14 bits per heavy atom. The second-order valence-corrected chi connectivity index (χ2v) is 3.33. The Morgan fingerprint density at radius 3 is 2.71 bits per heavy atom. The Labute approximate surface area is 82.5 Å². The van der Waals surface area contributed by atoms with Crippen molar-refractivity contribution >= 4 is 5.69 Å². The van der Waals surface area contributed by atoms with Crippen molar-refractivity contribution in [2.24, 2.45) is 5.73 Å². The van der Waals surface area contributed by atoms with Crippen LogP contribution in [0.3, 0.4) is 0 Å². The average molecular weight is 198 g/mol. The minimum absolute atomic E-state index is 0.0338. The van der Waals surface area contributed by atoms with Crippen LogP contribution in [0.1, 0.15) is 31.4 Å². The lowest BCUT2D eigenvalue weighted by Crippen LogP contribution is -2.11. The minimum atomic E-state index is -0.471. The number of phenols is 1. The first kappa shape index (κ1) is 10.8. The molecule has 14 heavy (non-hydrogen) atoms. The van der Waals surface area contributed by atoms with Crippen molar-refractivity contribution in [3.05, 3.63) is 23.5 Å². The lowest BCUT2D eigenvalue weighted by atomic mass is 10.0. The van der Waals surface area contributed by atoms with E-state index in [0.29, 0.717) is 12.0 Å². The number of hydrogen-bond donors (Lipinski definition) is 3. The Balaban J connectivity index is 3.07. The highest BCUT2D eigenvalue weighted by Gasteiger charge is 2.13. The third-order valence-electron chi connectivity index (χ3n) is 2.13. The predicted molar refractivity (Wildman–Crippen MR) is 54.3 cm³/mol. The first-order valence-electron chi connectivity index (χ1n) is 4.59. The van der Waals surface area contributed by atoms with Crippen LogP contribution in [0.15, 0.2) is 12.1 Å². The predicted octanol–water partition coefficient (Wildman–Crippen LogP) is 1.91. The number of aromatic hydroxyl groups is 1. The average Bonchev–Trinajstić information content (AvgIpc) is 2.11. The van der Waals surface area contributed by atoms with Crippen molar-refractivity contribution in [2.45, 2.75) is 25.8 Å². The number of rotatable bonds is 3. The molecule has 0 aliphatic heterocycles. The van der Waals surface area contributed by atoms with Gasteiger partial charge in [0.1, 0.15) is 11.6 Å². The van der Waals surface area contributed by atoms with Crippen molar-refractivity contribution < 1.29 is 9.50 Å². The Morgan fingerprint density at radius 1 is 1.50 bits per heavy atom. The molecule has 0 bridgehead atoms. The van der Waals surface area contributed by atoms with Crippen molar-refractivity contribution in [1.29, 1.82) is 0 Å². The molecular weight excluding hydrogens is 183 g/mol. The van der Waals surface area contributed by atoms with Crippen molar-refractivity contribution in [2.75, 3.05) is 5.73 Å². The van der Waals surface area contributed by atoms with Crippen LogP contribution >= 0.6 is 0 Å². The number of anilines is 1. The highest BCUT2D eigenvalue weighted by Crippen LogP contribution is 2.31. The van der Waals surface area contributed by atoms with Gasteiger partial charge in [0.2, 0.25) is 0 Å². The van der Waals surface area contributed by atoms with Gasteiger partial charge in [0, 0.05) is 17.7 Å². The van der Waals surface area contributed by atoms with E-state index in [1.54, 1.807) is 0 Å². The van der Waals surface area contributed by atoms with Gasteiger partial charge in [-0.15, -0.1) is 0 Å². The highest BCUT2D eigenvalue weighted by molar-refractivity contribution is 5.56. The minimum Gasteiger partial charge on any atom is -0.505 e. The van der Waals surface area contributed by atoms with E-state index >= 15 is 0 Å². The van der Waals surface area contributed by atoms with Gasteiger partial charge in [-0.2, -0.15) is 0 Å². The summed E-state index contributed by atoms with van der Waals surface area (Å²) >= 11 is 0. The van der Waals surface area contributed by atoms with Crippen molar-refractivity contribution in [1.82, 2.24) is 0 Å². The van der Waals surface area contributed by atoms with Crippen LogP contribution in [0.4, 0.5) is 10.1 Å². The Bertz CT molecular complexity index is 328. The van der Waals surface area contributed by atoms with E-state index in [-0.39, 0.29) is 17.5 Å². The number of nitrogen functional groups attached to an aromatic ring is 1. The van der Waals surface area contributed by atoms with Crippen LogP contribution < -0.4 is 11.5 Å². The summed E-state index contributed by atoms with van der Waals surface area (Å²) in [4.78, 5) is 0. The number of hydrogen-bond acceptors (Lipinski definition) is 3. The molecule has 0 radical (unpaired) electrons. The monoisotopic (exact) mass is 198 g/mol. The molecule has 1 atom stereocenters. The van der Waals surface area contributed by atoms with Gasteiger partial charge in [-0.25, -0.2) is 4.39 Å². The molecule has 0 saturated heterocycles. The fourth-order valence-electron chi connectivity index (χ4n) is 1.39. The maximum absolute atomic E-state index is 13.0. The van der Waals surface area contributed by atoms with Gasteiger partial charge >= 0.3 is 0 Å². The smallest absolute Gasteiger partial charge is 0.143 e. The molecule has 0 heterocycles. The molecule has 1 rings (SSSR count). The second kappa shape index (κ2) is 4.28. The second-order valence-electron chi connectivity index (χ2n) is 3.33. The van der Waals surface area contributed by atoms with Crippen LogP contribution in [-0.2, 0) is 0 Å². The zero-order chi connectivity index (χ0) is 10.7. The molecule has 0 fully saturated rings. The molecule has 0 amide bonds. The quantitative estimate of drug-likeness (QED) is 0.513. The maximum Gasteiger partial charge on any atom is 0.143 e. The molecule has 5 N–H and O–H groups in total. The van der Waals surface area contributed by atoms with E-state index in [0.717, 1.165) is 12.5 Å². The van der Waals surface area contributed by atoms with Crippen molar-refractivity contribution in [3.8, 4) is 5.75 Å². The summed E-state index contributed by atoms with van der Waals surface area (Å²) in [7, 11) is 0. The van der Waals surface area contributed by atoms with E-state index in [4.69, 9.17) is 11.5 Å². The van der Waals surface area contributed by atoms with Gasteiger partial charge in [-0.1, -0.05) is 13.3 Å². The van der Waals surface area contributed by atoms with Gasteiger partial charge in [-0.05, 0) is 12.5 Å². The van der Waals surface area contributed by atoms with E-state index in [9.17, 15) is 9.50 Å². The van der Waals surface area contributed by atoms with Gasteiger partial charge < -0.3 is 16.6 Å². The van der Waals surface area contributed by atoms with Crippen LogP contribution in [0, 0.1) is 5.82 Å². The summed E-state index contributed by atoms with van der Waals surface area (Å²) in [6.45, 7) is 1.97. The fraction of sp³-hybridized carbons (Fsp3) is 0.400. The Kier molecular flexibility index (Phi) is 3.30. The Hall–Kier alpha value is -1.29. The number of phenolic OH excluding ortho intramolecular Hbond substituents is 1. The summed E-state index contributed by atoms with van der Waals surface area (Å²) in [5, 5.41) is 9.55. The lowest BCUT2D eigenvalue weighted by Gasteiger charge is -2.13. The molecule has 1 aromatic carbocycles. The summed E-state index contributed by atoms with van der Waals surface area (Å²) < 4.78 is 13.0. The van der Waals surface area contributed by atoms with Gasteiger partial charge in [0.15, 0.2) is 0 Å². The SMILES string of the molecule is CCC[C@@H](N)c1cc(F)cc(N)c1O. The van der Waals surface area contributed by atoms with E-state index in [1.807, 2.05) is 6.92 Å². The van der Waals surface area contributed by atoms with Crippen LogP contribution in [0.2, 0.25) is 0 Å². The molecule has 78 valence electrons. The zero-order valence-electron chi connectivity index (χ0n) is 8.13. The summed E-state index contributed by atoms with van der Waals surface area (Å²) in [6, 6.07) is 1.95. The van der Waals surface area contributed by atoms with Crippen LogP contribution in [0.5, 0.6) is 5.75 Å². The summed E-state index contributed by atoms with van der Waals surface area (Å²) in [6.07, 6.45) is 1.56. The first-order valence-corrected chi connectivity index (χ1v) is 4.59. The summed E-state index contributed by atoms with van der Waals surface area (Å²) in [5.74, 6) is -0.575. The molecule has 0 unspecified atom stereocenters. The van der Waals surface area contributed by atoms with Crippen molar-refractivity contribution in [3.63, 3.8) is 0 Å². The van der Waals surface area contributed by atoms with Gasteiger partial charge in [0.05, 0.1) is 5.69 Å². The molecule has 0 saturated carbocycles. The largest absolute Gasteiger partial charge is 0.505 e. The number of nitrogens with two attached hydrogens (primary N) is 2. The molecule has 0 aliphatic carbocycles. The van der Waals surface area contributed by atoms with E-state index in [1.165, 1.54) is 6.07 Å². The molecule has 0 aromatic heterocycles. The molecule has 3 nitrogen and oxygen atoms in total. The van der Waals surface area contributed by atoms with E-state index in [2.05, 4.69) is 0 Å². The molecule has 0 spiro atoms. The zero-order valence-corrected chi connectivity index (χ0v) is 8.13. The molecule has 1 aromatic rings. The number of halogens is 1.